The number of allylic oxidation sites excluding steroid dienone is 1. The van der Waals surface area contributed by atoms with Crippen molar-refractivity contribution in [3.05, 3.63) is 42.1 Å². The summed E-state index contributed by atoms with van der Waals surface area (Å²) < 4.78 is 40.2. The van der Waals surface area contributed by atoms with Gasteiger partial charge in [-0.25, -0.2) is 0 Å². The highest BCUT2D eigenvalue weighted by Crippen LogP contribution is 2.35. The quantitative estimate of drug-likeness (QED) is 0.736. The minimum Gasteiger partial charge on any atom is -0.350 e. The van der Waals surface area contributed by atoms with Crippen LogP contribution in [0.4, 0.5) is 13.2 Å². The Hall–Kier alpha value is -1.71. The molecule has 0 aliphatic heterocycles. The molecule has 0 unspecified atom stereocenters. The van der Waals surface area contributed by atoms with Crippen molar-refractivity contribution in [2.45, 2.75) is 25.9 Å². The van der Waals surface area contributed by atoms with Crippen LogP contribution in [-0.4, -0.2) is 4.57 Å². The van der Waals surface area contributed by atoms with E-state index in [1.54, 1.807) is 0 Å². The summed E-state index contributed by atoms with van der Waals surface area (Å²) in [6.07, 6.45) is -0.750. The summed E-state index contributed by atoms with van der Waals surface area (Å²) in [4.78, 5) is 0. The Balaban J connectivity index is 2.62. The molecule has 0 bridgehead atoms. The lowest BCUT2D eigenvalue weighted by Gasteiger charge is -2.08. The maximum absolute atomic E-state index is 12.8. The average Bonchev–Trinajstić information content (AvgIpc) is 2.66. The topological polar surface area (TPSA) is 4.93 Å². The lowest BCUT2D eigenvalue weighted by atomic mass is 10.0. The van der Waals surface area contributed by atoms with E-state index in [2.05, 4.69) is 6.58 Å². The fourth-order valence-electron chi connectivity index (χ4n) is 2.29. The Morgan fingerprint density at radius 2 is 2.00 bits per heavy atom. The monoisotopic (exact) mass is 267 g/mol. The standard InChI is InChI=1S/C15H16F3N/c1-4-5-10(2)13-9-19(3)14-7-6-11(8-12(13)14)15(16,17)18/h6-9H,2,4-5H2,1,3H3. The number of hydrogen-bond donors (Lipinski definition) is 0. The SMILES string of the molecule is C=C(CCC)c1cn(C)c2ccc(C(F)(F)F)cc12. The van der Waals surface area contributed by atoms with Crippen molar-refractivity contribution in [3.8, 4) is 0 Å². The van der Waals surface area contributed by atoms with E-state index in [1.165, 1.54) is 12.1 Å². The summed E-state index contributed by atoms with van der Waals surface area (Å²) in [5.41, 5.74) is 1.87. The van der Waals surface area contributed by atoms with Crippen molar-refractivity contribution < 1.29 is 13.2 Å². The van der Waals surface area contributed by atoms with Crippen molar-refractivity contribution in [3.63, 3.8) is 0 Å². The molecule has 0 fully saturated rings. The van der Waals surface area contributed by atoms with Crippen LogP contribution in [0.1, 0.15) is 30.9 Å². The number of alkyl halides is 3. The molecule has 0 aliphatic carbocycles. The highest BCUT2D eigenvalue weighted by Gasteiger charge is 2.31. The van der Waals surface area contributed by atoms with E-state index in [0.717, 1.165) is 35.6 Å². The largest absolute Gasteiger partial charge is 0.416 e. The Labute approximate surface area is 110 Å². The second-order valence-electron chi connectivity index (χ2n) is 4.74. The zero-order valence-electron chi connectivity index (χ0n) is 11.0. The van der Waals surface area contributed by atoms with Crippen LogP contribution < -0.4 is 0 Å². The summed E-state index contributed by atoms with van der Waals surface area (Å²) >= 11 is 0. The van der Waals surface area contributed by atoms with E-state index in [0.29, 0.717) is 5.39 Å². The Kier molecular flexibility index (Phi) is 3.43. The zero-order chi connectivity index (χ0) is 14.2. The molecule has 19 heavy (non-hydrogen) atoms. The highest BCUT2D eigenvalue weighted by molar-refractivity contribution is 5.93. The molecule has 1 aromatic heterocycles. The summed E-state index contributed by atoms with van der Waals surface area (Å²) in [7, 11) is 1.83. The van der Waals surface area contributed by atoms with Crippen LogP contribution >= 0.6 is 0 Å². The van der Waals surface area contributed by atoms with E-state index >= 15 is 0 Å². The third kappa shape index (κ3) is 2.53. The van der Waals surface area contributed by atoms with Gasteiger partial charge in [-0.1, -0.05) is 19.9 Å². The first-order valence-electron chi connectivity index (χ1n) is 6.19. The van der Waals surface area contributed by atoms with Gasteiger partial charge in [-0.05, 0) is 30.2 Å². The van der Waals surface area contributed by atoms with Crippen LogP contribution in [0.5, 0.6) is 0 Å². The maximum atomic E-state index is 12.8. The van der Waals surface area contributed by atoms with Crippen LogP contribution in [0.15, 0.2) is 31.0 Å². The van der Waals surface area contributed by atoms with Crippen LogP contribution in [-0.2, 0) is 13.2 Å². The zero-order valence-corrected chi connectivity index (χ0v) is 11.0. The molecule has 0 amide bonds. The lowest BCUT2D eigenvalue weighted by Crippen LogP contribution is -2.04. The summed E-state index contributed by atoms with van der Waals surface area (Å²) in [6, 6.07) is 3.85. The third-order valence-corrected chi connectivity index (χ3v) is 3.25. The number of fused-ring (bicyclic) bond motifs is 1. The van der Waals surface area contributed by atoms with Crippen LogP contribution in [0, 0.1) is 0 Å². The number of nitrogens with zero attached hydrogens (tertiary/aromatic N) is 1. The van der Waals surface area contributed by atoms with Gasteiger partial charge < -0.3 is 4.57 Å². The van der Waals surface area contributed by atoms with E-state index in [1.807, 2.05) is 24.7 Å². The minimum atomic E-state index is -4.31. The summed E-state index contributed by atoms with van der Waals surface area (Å²) in [5.74, 6) is 0. The second-order valence-corrected chi connectivity index (χ2v) is 4.74. The number of hydrogen-bond acceptors (Lipinski definition) is 0. The Morgan fingerprint density at radius 3 is 2.58 bits per heavy atom. The van der Waals surface area contributed by atoms with E-state index in [4.69, 9.17) is 0 Å². The highest BCUT2D eigenvalue weighted by atomic mass is 19.4. The number of rotatable bonds is 3. The predicted molar refractivity (Wildman–Crippen MR) is 71.9 cm³/mol. The van der Waals surface area contributed by atoms with Crippen LogP contribution in [0.3, 0.4) is 0 Å². The number of aryl methyl sites for hydroxylation is 1. The van der Waals surface area contributed by atoms with E-state index in [9.17, 15) is 13.2 Å². The molecule has 1 nitrogen and oxygen atoms in total. The molecule has 4 heteroatoms. The van der Waals surface area contributed by atoms with Gasteiger partial charge in [-0.2, -0.15) is 13.2 Å². The molecule has 2 rings (SSSR count). The van der Waals surface area contributed by atoms with Gasteiger partial charge in [-0.15, -0.1) is 0 Å². The van der Waals surface area contributed by atoms with Crippen molar-refractivity contribution in [2.24, 2.45) is 7.05 Å². The molecule has 0 aliphatic rings. The molecule has 102 valence electrons. The van der Waals surface area contributed by atoms with Gasteiger partial charge in [0.25, 0.3) is 0 Å². The molecular weight excluding hydrogens is 251 g/mol. The number of benzene rings is 1. The predicted octanol–water partition coefficient (Wildman–Crippen LogP) is 5.01. The molecule has 0 saturated heterocycles. The normalized spacial score (nSPS) is 12.1. The number of halogens is 3. The van der Waals surface area contributed by atoms with E-state index in [-0.39, 0.29) is 0 Å². The van der Waals surface area contributed by atoms with Gasteiger partial charge in [0.05, 0.1) is 5.56 Å². The van der Waals surface area contributed by atoms with Crippen molar-refractivity contribution >= 4 is 16.5 Å². The molecule has 1 heterocycles. The molecule has 1 aromatic carbocycles. The molecule has 0 spiro atoms. The van der Waals surface area contributed by atoms with Crippen molar-refractivity contribution in [1.29, 1.82) is 0 Å². The van der Waals surface area contributed by atoms with Crippen molar-refractivity contribution in [2.75, 3.05) is 0 Å². The molecule has 0 N–H and O–H groups in total. The fraction of sp³-hybridized carbons (Fsp3) is 0.333. The van der Waals surface area contributed by atoms with Crippen LogP contribution in [0.2, 0.25) is 0 Å². The molecule has 2 aromatic rings. The van der Waals surface area contributed by atoms with Crippen molar-refractivity contribution in [1.82, 2.24) is 4.57 Å². The maximum Gasteiger partial charge on any atom is 0.416 e. The first kappa shape index (κ1) is 13.7. The molecule has 0 saturated carbocycles. The smallest absolute Gasteiger partial charge is 0.350 e. The molecule has 0 radical (unpaired) electrons. The van der Waals surface area contributed by atoms with Gasteiger partial charge in [0.2, 0.25) is 0 Å². The average molecular weight is 267 g/mol. The van der Waals surface area contributed by atoms with E-state index < -0.39 is 11.7 Å². The first-order chi connectivity index (χ1) is 8.84. The first-order valence-corrected chi connectivity index (χ1v) is 6.19. The van der Waals surface area contributed by atoms with Gasteiger partial charge in [0.15, 0.2) is 0 Å². The van der Waals surface area contributed by atoms with Crippen LogP contribution in [0.25, 0.3) is 16.5 Å². The molecule has 0 atom stereocenters. The van der Waals surface area contributed by atoms with Gasteiger partial charge in [0.1, 0.15) is 0 Å². The lowest BCUT2D eigenvalue weighted by molar-refractivity contribution is -0.137. The number of aromatic nitrogens is 1. The fourth-order valence-corrected chi connectivity index (χ4v) is 2.29. The summed E-state index contributed by atoms with van der Waals surface area (Å²) in [5, 5.41) is 0.621. The van der Waals surface area contributed by atoms with Gasteiger partial charge in [-0.3, -0.25) is 0 Å². The van der Waals surface area contributed by atoms with Gasteiger partial charge in [0, 0.05) is 29.7 Å². The van der Waals surface area contributed by atoms with Gasteiger partial charge >= 0.3 is 6.18 Å². The summed E-state index contributed by atoms with van der Waals surface area (Å²) in [6.45, 7) is 6.00. The Morgan fingerprint density at radius 1 is 1.32 bits per heavy atom. The Bertz CT molecular complexity index is 620. The second kappa shape index (κ2) is 4.76. The molecular formula is C15H16F3N. The minimum absolute atomic E-state index is 0.614. The third-order valence-electron chi connectivity index (χ3n) is 3.25.